The number of aromatic nitrogens is 2. The molecule has 1 aromatic carbocycles. The zero-order valence-corrected chi connectivity index (χ0v) is 12.7. The van der Waals surface area contributed by atoms with Crippen LogP contribution >= 0.6 is 0 Å². The van der Waals surface area contributed by atoms with E-state index in [-0.39, 0.29) is 5.69 Å². The average Bonchev–Trinajstić information content (AvgIpc) is 2.52. The predicted molar refractivity (Wildman–Crippen MR) is 84.6 cm³/mol. The summed E-state index contributed by atoms with van der Waals surface area (Å²) in [5.41, 5.74) is 0.641. The molecule has 1 aromatic heterocycles. The summed E-state index contributed by atoms with van der Waals surface area (Å²) < 4.78 is 13.1. The van der Waals surface area contributed by atoms with Gasteiger partial charge in [0.05, 0.1) is 0 Å². The molecular weight excluding hydrogens is 283 g/mol. The standard InChI is InChI=1S/C16H19FN4O/c1-3-4-8-21(2)15-10-14(18-11-19-15)16(22)20-13-7-5-6-12(17)9-13/h5-7,9-11H,3-4,8H2,1-2H3,(H,20,22). The van der Waals surface area contributed by atoms with Gasteiger partial charge in [0.15, 0.2) is 0 Å². The third-order valence-corrected chi connectivity index (χ3v) is 3.21. The normalized spacial score (nSPS) is 10.3. The molecule has 2 rings (SSSR count). The highest BCUT2D eigenvalue weighted by atomic mass is 19.1. The first-order valence-corrected chi connectivity index (χ1v) is 7.20. The number of carbonyl (C=O) groups excluding carboxylic acids is 1. The van der Waals surface area contributed by atoms with Gasteiger partial charge in [-0.05, 0) is 24.6 Å². The summed E-state index contributed by atoms with van der Waals surface area (Å²) in [6.45, 7) is 2.98. The number of carbonyl (C=O) groups is 1. The van der Waals surface area contributed by atoms with E-state index in [1.54, 1.807) is 12.1 Å². The topological polar surface area (TPSA) is 58.1 Å². The Balaban J connectivity index is 2.10. The molecule has 0 unspecified atom stereocenters. The summed E-state index contributed by atoms with van der Waals surface area (Å²) in [6, 6.07) is 7.37. The van der Waals surface area contributed by atoms with Gasteiger partial charge in [-0.1, -0.05) is 19.4 Å². The van der Waals surface area contributed by atoms with Crippen molar-refractivity contribution >= 4 is 17.4 Å². The summed E-state index contributed by atoms with van der Waals surface area (Å²) in [7, 11) is 1.92. The Hall–Kier alpha value is -2.50. The van der Waals surface area contributed by atoms with Crippen molar-refractivity contribution in [2.75, 3.05) is 23.8 Å². The van der Waals surface area contributed by atoms with E-state index in [4.69, 9.17) is 0 Å². The maximum absolute atomic E-state index is 13.1. The van der Waals surface area contributed by atoms with E-state index >= 15 is 0 Å². The lowest BCUT2D eigenvalue weighted by molar-refractivity contribution is 0.102. The van der Waals surface area contributed by atoms with Crippen molar-refractivity contribution in [1.82, 2.24) is 9.97 Å². The molecule has 116 valence electrons. The molecule has 0 saturated heterocycles. The molecule has 0 aliphatic rings. The van der Waals surface area contributed by atoms with Crippen LogP contribution in [0.25, 0.3) is 0 Å². The van der Waals surface area contributed by atoms with Crippen LogP contribution in [0.2, 0.25) is 0 Å². The van der Waals surface area contributed by atoms with Crippen molar-refractivity contribution in [3.63, 3.8) is 0 Å². The number of hydrogen-bond donors (Lipinski definition) is 1. The highest BCUT2D eigenvalue weighted by Crippen LogP contribution is 2.13. The minimum atomic E-state index is -0.402. The Kier molecular flexibility index (Phi) is 5.41. The number of nitrogens with one attached hydrogen (secondary N) is 1. The van der Waals surface area contributed by atoms with Gasteiger partial charge in [-0.2, -0.15) is 0 Å². The predicted octanol–water partition coefficient (Wildman–Crippen LogP) is 3.10. The lowest BCUT2D eigenvalue weighted by Crippen LogP contribution is -2.21. The van der Waals surface area contributed by atoms with Gasteiger partial charge in [-0.3, -0.25) is 4.79 Å². The zero-order chi connectivity index (χ0) is 15.9. The van der Waals surface area contributed by atoms with E-state index in [0.29, 0.717) is 11.5 Å². The number of benzene rings is 1. The van der Waals surface area contributed by atoms with Crippen molar-refractivity contribution in [3.8, 4) is 0 Å². The summed E-state index contributed by atoms with van der Waals surface area (Å²) >= 11 is 0. The molecule has 2 aromatic rings. The Morgan fingerprint density at radius 3 is 2.86 bits per heavy atom. The fourth-order valence-electron chi connectivity index (χ4n) is 1.95. The molecule has 0 spiro atoms. The molecule has 1 N–H and O–H groups in total. The van der Waals surface area contributed by atoms with Gasteiger partial charge >= 0.3 is 0 Å². The first kappa shape index (κ1) is 15.9. The van der Waals surface area contributed by atoms with Gasteiger partial charge < -0.3 is 10.2 Å². The van der Waals surface area contributed by atoms with Crippen LogP contribution in [0.15, 0.2) is 36.7 Å². The van der Waals surface area contributed by atoms with Crippen LogP contribution < -0.4 is 10.2 Å². The number of nitrogens with zero attached hydrogens (tertiary/aromatic N) is 3. The van der Waals surface area contributed by atoms with Crippen molar-refractivity contribution < 1.29 is 9.18 Å². The number of unbranched alkanes of at least 4 members (excludes halogenated alkanes) is 1. The van der Waals surface area contributed by atoms with Gasteiger partial charge in [0, 0.05) is 25.3 Å². The molecule has 0 bridgehead atoms. The Morgan fingerprint density at radius 1 is 1.32 bits per heavy atom. The molecule has 0 atom stereocenters. The van der Waals surface area contributed by atoms with Crippen LogP contribution in [0.3, 0.4) is 0 Å². The number of amides is 1. The monoisotopic (exact) mass is 302 g/mol. The third kappa shape index (κ3) is 4.25. The van der Waals surface area contributed by atoms with E-state index in [1.807, 2.05) is 11.9 Å². The second-order valence-electron chi connectivity index (χ2n) is 5.00. The second-order valence-corrected chi connectivity index (χ2v) is 5.00. The van der Waals surface area contributed by atoms with Crippen molar-refractivity contribution in [1.29, 1.82) is 0 Å². The fourth-order valence-corrected chi connectivity index (χ4v) is 1.95. The molecular formula is C16H19FN4O. The minimum Gasteiger partial charge on any atom is -0.360 e. The van der Waals surface area contributed by atoms with E-state index in [0.717, 1.165) is 19.4 Å². The van der Waals surface area contributed by atoms with Crippen LogP contribution in [-0.2, 0) is 0 Å². The second kappa shape index (κ2) is 7.49. The largest absolute Gasteiger partial charge is 0.360 e. The average molecular weight is 302 g/mol. The summed E-state index contributed by atoms with van der Waals surface area (Å²) in [5, 5.41) is 2.62. The lowest BCUT2D eigenvalue weighted by atomic mass is 10.3. The van der Waals surface area contributed by atoms with Gasteiger partial charge in [-0.25, -0.2) is 14.4 Å². The molecule has 1 amide bonds. The van der Waals surface area contributed by atoms with E-state index in [9.17, 15) is 9.18 Å². The van der Waals surface area contributed by atoms with E-state index in [1.165, 1.54) is 24.5 Å². The summed E-state index contributed by atoms with van der Waals surface area (Å²) in [6.07, 6.45) is 3.49. The van der Waals surface area contributed by atoms with Crippen LogP contribution in [-0.4, -0.2) is 29.5 Å². The number of rotatable bonds is 6. The van der Waals surface area contributed by atoms with Gasteiger partial charge in [0.1, 0.15) is 23.7 Å². The Morgan fingerprint density at radius 2 is 2.14 bits per heavy atom. The highest BCUT2D eigenvalue weighted by molar-refractivity contribution is 6.03. The van der Waals surface area contributed by atoms with Gasteiger partial charge in [0.2, 0.25) is 0 Å². The van der Waals surface area contributed by atoms with E-state index < -0.39 is 11.7 Å². The molecule has 0 fully saturated rings. The molecule has 0 aliphatic heterocycles. The van der Waals surface area contributed by atoms with Crippen LogP contribution in [0.4, 0.5) is 15.9 Å². The zero-order valence-electron chi connectivity index (χ0n) is 12.7. The quantitative estimate of drug-likeness (QED) is 0.891. The van der Waals surface area contributed by atoms with E-state index in [2.05, 4.69) is 22.2 Å². The number of hydrogen-bond acceptors (Lipinski definition) is 4. The highest BCUT2D eigenvalue weighted by Gasteiger charge is 2.11. The molecule has 6 heteroatoms. The molecule has 0 aliphatic carbocycles. The fraction of sp³-hybridized carbons (Fsp3) is 0.312. The molecule has 5 nitrogen and oxygen atoms in total. The van der Waals surface area contributed by atoms with Crippen molar-refractivity contribution in [3.05, 3.63) is 48.2 Å². The van der Waals surface area contributed by atoms with Crippen molar-refractivity contribution in [2.24, 2.45) is 0 Å². The summed E-state index contributed by atoms with van der Waals surface area (Å²) in [4.78, 5) is 22.3. The minimum absolute atomic E-state index is 0.248. The lowest BCUT2D eigenvalue weighted by Gasteiger charge is -2.17. The molecule has 22 heavy (non-hydrogen) atoms. The maximum Gasteiger partial charge on any atom is 0.274 e. The number of halogens is 1. The van der Waals surface area contributed by atoms with Crippen molar-refractivity contribution in [2.45, 2.75) is 19.8 Å². The van der Waals surface area contributed by atoms with Gasteiger partial charge in [0.25, 0.3) is 5.91 Å². The first-order chi connectivity index (χ1) is 10.6. The molecule has 0 radical (unpaired) electrons. The Labute approximate surface area is 129 Å². The third-order valence-electron chi connectivity index (χ3n) is 3.21. The van der Waals surface area contributed by atoms with Crippen LogP contribution in [0.1, 0.15) is 30.3 Å². The molecule has 1 heterocycles. The summed E-state index contributed by atoms with van der Waals surface area (Å²) in [5.74, 6) is -0.105. The maximum atomic E-state index is 13.1. The van der Waals surface area contributed by atoms with Gasteiger partial charge in [-0.15, -0.1) is 0 Å². The first-order valence-electron chi connectivity index (χ1n) is 7.20. The Bertz CT molecular complexity index is 648. The number of anilines is 2. The smallest absolute Gasteiger partial charge is 0.274 e. The molecule has 0 saturated carbocycles. The van der Waals surface area contributed by atoms with Crippen LogP contribution in [0, 0.1) is 5.82 Å². The SMILES string of the molecule is CCCCN(C)c1cc(C(=O)Nc2cccc(F)c2)ncn1. The van der Waals surface area contributed by atoms with Crippen LogP contribution in [0.5, 0.6) is 0 Å².